The summed E-state index contributed by atoms with van der Waals surface area (Å²) in [5, 5.41) is 12.1. The van der Waals surface area contributed by atoms with Crippen molar-refractivity contribution >= 4 is 11.9 Å². The van der Waals surface area contributed by atoms with Gasteiger partial charge in [0.2, 0.25) is 5.91 Å². The Morgan fingerprint density at radius 2 is 1.95 bits per heavy atom. The van der Waals surface area contributed by atoms with Gasteiger partial charge in [0.05, 0.1) is 5.92 Å². The van der Waals surface area contributed by atoms with E-state index in [1.165, 1.54) is 0 Å². The third-order valence-electron chi connectivity index (χ3n) is 3.98. The average Bonchev–Trinajstić information content (AvgIpc) is 2.99. The van der Waals surface area contributed by atoms with Gasteiger partial charge in [-0.25, -0.2) is 0 Å². The lowest BCUT2D eigenvalue weighted by atomic mass is 9.96. The number of carboxylic acid groups (broad SMARTS) is 1. The Bertz CT molecular complexity index is 543. The van der Waals surface area contributed by atoms with Crippen LogP contribution in [0.15, 0.2) is 36.4 Å². The Morgan fingerprint density at radius 3 is 2.57 bits per heavy atom. The summed E-state index contributed by atoms with van der Waals surface area (Å²) < 4.78 is 0. The molecule has 0 fully saturated rings. The largest absolute Gasteiger partial charge is 0.481 e. The van der Waals surface area contributed by atoms with Crippen molar-refractivity contribution in [3.05, 3.63) is 47.5 Å². The van der Waals surface area contributed by atoms with Gasteiger partial charge in [-0.05, 0) is 37.3 Å². The number of carboxylic acids is 1. The van der Waals surface area contributed by atoms with Gasteiger partial charge in [-0.2, -0.15) is 0 Å². The fourth-order valence-electron chi connectivity index (χ4n) is 2.55. The van der Waals surface area contributed by atoms with Crippen LogP contribution >= 0.6 is 0 Å². The van der Waals surface area contributed by atoms with E-state index in [0.717, 1.165) is 24.0 Å². The SMILES string of the molecule is Cc1ccccc1C[C@@H](CNC(=O)C1CC=CC1)C(=O)O. The normalized spacial score (nSPS) is 15.9. The van der Waals surface area contributed by atoms with E-state index in [2.05, 4.69) is 5.32 Å². The van der Waals surface area contributed by atoms with E-state index < -0.39 is 11.9 Å². The number of carbonyl (C=O) groups excluding carboxylic acids is 1. The first-order valence-corrected chi connectivity index (χ1v) is 7.28. The highest BCUT2D eigenvalue weighted by molar-refractivity contribution is 5.80. The number of rotatable bonds is 6. The molecule has 2 rings (SSSR count). The minimum atomic E-state index is -0.872. The Morgan fingerprint density at radius 1 is 1.29 bits per heavy atom. The number of carbonyl (C=O) groups is 2. The highest BCUT2D eigenvalue weighted by Gasteiger charge is 2.23. The fraction of sp³-hybridized carbons (Fsp3) is 0.412. The lowest BCUT2D eigenvalue weighted by Gasteiger charge is -2.16. The van der Waals surface area contributed by atoms with Gasteiger partial charge in [-0.1, -0.05) is 36.4 Å². The van der Waals surface area contributed by atoms with Gasteiger partial charge in [0.1, 0.15) is 0 Å². The van der Waals surface area contributed by atoms with Crippen LogP contribution in [0.2, 0.25) is 0 Å². The van der Waals surface area contributed by atoms with Crippen LogP contribution in [-0.2, 0) is 16.0 Å². The van der Waals surface area contributed by atoms with Gasteiger partial charge in [0, 0.05) is 12.5 Å². The maximum absolute atomic E-state index is 11.9. The van der Waals surface area contributed by atoms with E-state index in [0.29, 0.717) is 6.42 Å². The lowest BCUT2D eigenvalue weighted by molar-refractivity contribution is -0.141. The molecule has 1 aliphatic rings. The van der Waals surface area contributed by atoms with Gasteiger partial charge in [-0.15, -0.1) is 0 Å². The molecule has 0 aliphatic heterocycles. The summed E-state index contributed by atoms with van der Waals surface area (Å²) in [7, 11) is 0. The molecule has 0 heterocycles. The molecule has 0 saturated carbocycles. The van der Waals surface area contributed by atoms with Crippen LogP contribution in [0.1, 0.15) is 24.0 Å². The third kappa shape index (κ3) is 4.18. The van der Waals surface area contributed by atoms with Crippen molar-refractivity contribution in [3.8, 4) is 0 Å². The highest BCUT2D eigenvalue weighted by atomic mass is 16.4. The van der Waals surface area contributed by atoms with Crippen molar-refractivity contribution in [1.29, 1.82) is 0 Å². The topological polar surface area (TPSA) is 66.4 Å². The molecule has 4 heteroatoms. The molecule has 2 N–H and O–H groups in total. The molecule has 1 atom stereocenters. The van der Waals surface area contributed by atoms with Crippen molar-refractivity contribution in [2.24, 2.45) is 11.8 Å². The number of allylic oxidation sites excluding steroid dienone is 2. The second-order valence-corrected chi connectivity index (χ2v) is 5.55. The first-order valence-electron chi connectivity index (χ1n) is 7.28. The van der Waals surface area contributed by atoms with Crippen LogP contribution in [0.4, 0.5) is 0 Å². The maximum Gasteiger partial charge on any atom is 0.308 e. The first kappa shape index (κ1) is 15.3. The molecule has 0 spiro atoms. The van der Waals surface area contributed by atoms with Crippen LogP contribution in [0.5, 0.6) is 0 Å². The van der Waals surface area contributed by atoms with Gasteiger partial charge in [0.25, 0.3) is 0 Å². The summed E-state index contributed by atoms with van der Waals surface area (Å²) in [4.78, 5) is 23.3. The smallest absolute Gasteiger partial charge is 0.308 e. The number of aliphatic carboxylic acids is 1. The number of hydrogen-bond acceptors (Lipinski definition) is 2. The van der Waals surface area contributed by atoms with E-state index >= 15 is 0 Å². The molecular formula is C17H21NO3. The molecule has 1 aliphatic carbocycles. The van der Waals surface area contributed by atoms with Crippen molar-refractivity contribution in [1.82, 2.24) is 5.32 Å². The lowest BCUT2D eigenvalue weighted by Crippen LogP contribution is -2.37. The monoisotopic (exact) mass is 287 g/mol. The van der Waals surface area contributed by atoms with Crippen LogP contribution in [0, 0.1) is 18.8 Å². The third-order valence-corrected chi connectivity index (χ3v) is 3.98. The van der Waals surface area contributed by atoms with Gasteiger partial charge in [-0.3, -0.25) is 9.59 Å². The summed E-state index contributed by atoms with van der Waals surface area (Å²) in [6.45, 7) is 2.15. The summed E-state index contributed by atoms with van der Waals surface area (Å²) in [6, 6.07) is 7.75. The van der Waals surface area contributed by atoms with E-state index in [-0.39, 0.29) is 18.4 Å². The van der Waals surface area contributed by atoms with Crippen molar-refractivity contribution in [3.63, 3.8) is 0 Å². The quantitative estimate of drug-likeness (QED) is 0.789. The molecule has 0 bridgehead atoms. The predicted octanol–water partition coefficient (Wildman–Crippen LogP) is 2.32. The summed E-state index contributed by atoms with van der Waals surface area (Å²) in [6.07, 6.45) is 5.92. The van der Waals surface area contributed by atoms with Gasteiger partial charge in [0.15, 0.2) is 0 Å². The van der Waals surface area contributed by atoms with Crippen LogP contribution in [0.25, 0.3) is 0 Å². The van der Waals surface area contributed by atoms with Crippen molar-refractivity contribution in [2.75, 3.05) is 6.54 Å². The number of nitrogens with one attached hydrogen (secondary N) is 1. The molecule has 4 nitrogen and oxygen atoms in total. The van der Waals surface area contributed by atoms with Crippen LogP contribution < -0.4 is 5.32 Å². The Balaban J connectivity index is 1.92. The Hall–Kier alpha value is -2.10. The van der Waals surface area contributed by atoms with Crippen LogP contribution in [-0.4, -0.2) is 23.5 Å². The van der Waals surface area contributed by atoms with E-state index in [1.807, 2.05) is 43.3 Å². The van der Waals surface area contributed by atoms with Crippen LogP contribution in [0.3, 0.4) is 0 Å². The van der Waals surface area contributed by atoms with E-state index in [9.17, 15) is 14.7 Å². The molecule has 1 amide bonds. The standard InChI is InChI=1S/C17H21NO3/c1-12-6-2-3-9-14(12)10-15(17(20)21)11-18-16(19)13-7-4-5-8-13/h2-6,9,13,15H,7-8,10-11H2,1H3,(H,18,19)(H,20,21)/t15-/m0/s1. The zero-order chi connectivity index (χ0) is 15.2. The average molecular weight is 287 g/mol. The minimum Gasteiger partial charge on any atom is -0.481 e. The first-order chi connectivity index (χ1) is 10.1. The highest BCUT2D eigenvalue weighted by Crippen LogP contribution is 2.18. The molecule has 0 aromatic heterocycles. The zero-order valence-corrected chi connectivity index (χ0v) is 12.2. The summed E-state index contributed by atoms with van der Waals surface area (Å²) in [5.41, 5.74) is 2.09. The predicted molar refractivity (Wildman–Crippen MR) is 80.9 cm³/mol. The minimum absolute atomic E-state index is 0.0297. The summed E-state index contributed by atoms with van der Waals surface area (Å²) >= 11 is 0. The fourth-order valence-corrected chi connectivity index (χ4v) is 2.55. The second kappa shape index (κ2) is 7.07. The summed E-state index contributed by atoms with van der Waals surface area (Å²) in [5.74, 6) is -1.54. The second-order valence-electron chi connectivity index (χ2n) is 5.55. The molecule has 0 unspecified atom stereocenters. The number of amides is 1. The van der Waals surface area contributed by atoms with Crippen molar-refractivity contribution < 1.29 is 14.7 Å². The zero-order valence-electron chi connectivity index (χ0n) is 12.2. The van der Waals surface area contributed by atoms with Gasteiger partial charge >= 0.3 is 5.97 Å². The Labute approximate surface area is 124 Å². The maximum atomic E-state index is 11.9. The number of aryl methyl sites for hydroxylation is 1. The van der Waals surface area contributed by atoms with E-state index in [4.69, 9.17) is 0 Å². The Kier molecular flexibility index (Phi) is 5.14. The molecule has 0 radical (unpaired) electrons. The molecule has 112 valence electrons. The van der Waals surface area contributed by atoms with Crippen molar-refractivity contribution in [2.45, 2.75) is 26.2 Å². The van der Waals surface area contributed by atoms with E-state index in [1.54, 1.807) is 0 Å². The molecule has 1 aromatic carbocycles. The molecule has 21 heavy (non-hydrogen) atoms. The van der Waals surface area contributed by atoms with Gasteiger partial charge < -0.3 is 10.4 Å². The molecule has 1 aromatic rings. The molecule has 0 saturated heterocycles. The number of hydrogen-bond donors (Lipinski definition) is 2. The number of benzene rings is 1. The molecular weight excluding hydrogens is 266 g/mol.